The summed E-state index contributed by atoms with van der Waals surface area (Å²) in [5.74, 6) is -0.649. The Balaban J connectivity index is 1.33. The van der Waals surface area contributed by atoms with Crippen molar-refractivity contribution in [3.63, 3.8) is 0 Å². The van der Waals surface area contributed by atoms with Gasteiger partial charge in [0.05, 0.1) is 23.7 Å². The third-order valence-electron chi connectivity index (χ3n) is 10.5. The van der Waals surface area contributed by atoms with Gasteiger partial charge in [-0.25, -0.2) is 19.3 Å². The molecular weight excluding hydrogens is 727 g/mol. The number of hydrogen-bond donors (Lipinski definition) is 0. The topological polar surface area (TPSA) is 128 Å². The van der Waals surface area contributed by atoms with Gasteiger partial charge in [-0.2, -0.15) is 5.10 Å². The number of Topliss-reactive ketones (excluding diaryl/α,β-unsaturated/α-hetero) is 3. The SMILES string of the molecule is C=CCC[C@@H](C)C(=O)CC[C@@]12C[C@@H](C(=O)Cc3cc(F)cc(Br)n3)N(C(=O)Cn3nc(C(C)=O)c4cc(-c5cnc(C)nc5)cc(CC=C)c43)[C@@H]1C2. The van der Waals surface area contributed by atoms with Crippen LogP contribution in [0.1, 0.15) is 79.9 Å². The zero-order valence-electron chi connectivity index (χ0n) is 29.7. The Morgan fingerprint density at radius 3 is 2.50 bits per heavy atom. The third-order valence-corrected chi connectivity index (χ3v) is 10.9. The van der Waals surface area contributed by atoms with E-state index in [1.54, 1.807) is 35.0 Å². The number of aromatic nitrogens is 5. The van der Waals surface area contributed by atoms with Gasteiger partial charge in [0.25, 0.3) is 0 Å². The Morgan fingerprint density at radius 2 is 1.83 bits per heavy atom. The minimum Gasteiger partial charge on any atom is -0.327 e. The Labute approximate surface area is 310 Å². The Hall–Kier alpha value is -4.71. The smallest absolute Gasteiger partial charge is 0.245 e. The Morgan fingerprint density at radius 1 is 1.08 bits per heavy atom. The lowest BCUT2D eigenvalue weighted by Crippen LogP contribution is -2.45. The van der Waals surface area contributed by atoms with E-state index in [2.05, 4.69) is 49.1 Å². The predicted molar refractivity (Wildman–Crippen MR) is 199 cm³/mol. The number of carbonyl (C=O) groups excluding carboxylic acids is 4. The molecular formula is C40H42BrFN6O4. The predicted octanol–water partition coefficient (Wildman–Crippen LogP) is 7.15. The molecule has 1 aliphatic carbocycles. The molecule has 0 bridgehead atoms. The number of pyridine rings is 1. The molecule has 1 amide bonds. The number of fused-ring (bicyclic) bond motifs is 2. The standard InChI is InChI=1S/C40H42BrFN6O4/c1-6-8-10-23(3)33(50)11-12-40-18-32(34(51)17-30-15-29(42)16-36(41)45-30)48(35(40)19-40)37(52)22-47-39-26(9-7-2)13-27(28-20-43-25(5)44-21-28)14-31(39)38(46-47)24(4)49/h6-7,13-16,20-21,23,32,35H,1-2,8-12,17-19,22H2,3-5H3/t23-,32+,35-,40+/m1/s1. The van der Waals surface area contributed by atoms with Crippen molar-refractivity contribution >= 4 is 50.1 Å². The van der Waals surface area contributed by atoms with Crippen LogP contribution in [-0.4, -0.2) is 65.0 Å². The first-order valence-electron chi connectivity index (χ1n) is 17.6. The second kappa shape index (κ2) is 15.1. The molecule has 2 fully saturated rings. The number of ketones is 3. The number of benzene rings is 1. The highest BCUT2D eigenvalue weighted by molar-refractivity contribution is 9.10. The number of hydrogen-bond acceptors (Lipinski definition) is 8. The summed E-state index contributed by atoms with van der Waals surface area (Å²) < 4.78 is 16.1. The van der Waals surface area contributed by atoms with Crippen LogP contribution in [-0.2, 0) is 33.8 Å². The lowest BCUT2D eigenvalue weighted by molar-refractivity contribution is -0.139. The van der Waals surface area contributed by atoms with Gasteiger partial charge in [0, 0.05) is 54.7 Å². The van der Waals surface area contributed by atoms with Crippen molar-refractivity contribution in [2.75, 3.05) is 0 Å². The molecule has 0 unspecified atom stereocenters. The highest BCUT2D eigenvalue weighted by Gasteiger charge is 2.66. The van der Waals surface area contributed by atoms with Gasteiger partial charge < -0.3 is 4.90 Å². The molecule has 270 valence electrons. The number of aryl methyl sites for hydroxylation is 1. The lowest BCUT2D eigenvalue weighted by atomic mass is 9.88. The van der Waals surface area contributed by atoms with Crippen molar-refractivity contribution in [2.24, 2.45) is 11.3 Å². The molecule has 1 saturated heterocycles. The summed E-state index contributed by atoms with van der Waals surface area (Å²) in [6.07, 6.45) is 10.8. The molecule has 12 heteroatoms. The number of likely N-dealkylation sites (tertiary alicyclic amines) is 1. The van der Waals surface area contributed by atoms with Gasteiger partial charge in [-0.3, -0.25) is 23.9 Å². The molecule has 4 atom stereocenters. The quantitative estimate of drug-likeness (QED) is 0.0668. The summed E-state index contributed by atoms with van der Waals surface area (Å²) in [4.78, 5) is 69.1. The van der Waals surface area contributed by atoms with E-state index in [0.717, 1.165) is 29.5 Å². The molecule has 6 rings (SSSR count). The zero-order valence-corrected chi connectivity index (χ0v) is 31.3. The number of piperidine rings is 1. The van der Waals surface area contributed by atoms with E-state index < -0.39 is 11.9 Å². The molecule has 0 N–H and O–H groups in total. The van der Waals surface area contributed by atoms with E-state index in [9.17, 15) is 23.6 Å². The van der Waals surface area contributed by atoms with Gasteiger partial charge in [0.15, 0.2) is 11.6 Å². The van der Waals surface area contributed by atoms with Gasteiger partial charge in [-0.1, -0.05) is 19.1 Å². The van der Waals surface area contributed by atoms with Crippen LogP contribution in [0.3, 0.4) is 0 Å². The normalized spacial score (nSPS) is 19.7. The number of amides is 1. The monoisotopic (exact) mass is 768 g/mol. The van der Waals surface area contributed by atoms with E-state index in [1.807, 2.05) is 25.1 Å². The van der Waals surface area contributed by atoms with Crippen LogP contribution in [0.25, 0.3) is 22.0 Å². The maximum Gasteiger partial charge on any atom is 0.245 e. The maximum absolute atomic E-state index is 14.5. The summed E-state index contributed by atoms with van der Waals surface area (Å²) in [5, 5.41) is 5.26. The summed E-state index contributed by atoms with van der Waals surface area (Å²) in [6.45, 7) is 12.6. The fourth-order valence-electron chi connectivity index (χ4n) is 7.69. The van der Waals surface area contributed by atoms with E-state index >= 15 is 0 Å². The molecule has 3 aromatic heterocycles. The van der Waals surface area contributed by atoms with Crippen LogP contribution >= 0.6 is 15.9 Å². The van der Waals surface area contributed by atoms with Crippen molar-refractivity contribution in [1.82, 2.24) is 29.6 Å². The second-order valence-electron chi connectivity index (χ2n) is 14.2. The maximum atomic E-state index is 14.5. The van der Waals surface area contributed by atoms with Gasteiger partial charge in [-0.15, -0.1) is 13.2 Å². The minimum atomic E-state index is -0.779. The average molecular weight is 770 g/mol. The number of halogens is 2. The third kappa shape index (κ3) is 7.58. The largest absolute Gasteiger partial charge is 0.327 e. The van der Waals surface area contributed by atoms with E-state index in [1.165, 1.54) is 19.1 Å². The van der Waals surface area contributed by atoms with E-state index in [-0.39, 0.29) is 69.6 Å². The first-order valence-corrected chi connectivity index (χ1v) is 18.4. The highest BCUT2D eigenvalue weighted by Crippen LogP contribution is 2.62. The van der Waals surface area contributed by atoms with E-state index in [0.29, 0.717) is 48.8 Å². The lowest BCUT2D eigenvalue weighted by Gasteiger charge is -2.27. The molecule has 2 aliphatic rings. The van der Waals surface area contributed by atoms with Gasteiger partial charge in [0.2, 0.25) is 5.91 Å². The van der Waals surface area contributed by atoms with Gasteiger partial charge in [-0.05, 0) is 96.1 Å². The molecule has 1 aromatic carbocycles. The summed E-state index contributed by atoms with van der Waals surface area (Å²) in [5.41, 5.74) is 3.15. The van der Waals surface area contributed by atoms with Crippen molar-refractivity contribution in [2.45, 2.75) is 90.8 Å². The van der Waals surface area contributed by atoms with Gasteiger partial charge >= 0.3 is 0 Å². The van der Waals surface area contributed by atoms with Crippen molar-refractivity contribution in [3.05, 3.63) is 95.2 Å². The van der Waals surface area contributed by atoms with Crippen LogP contribution in [0.4, 0.5) is 4.39 Å². The number of nitrogens with zero attached hydrogens (tertiary/aromatic N) is 6. The van der Waals surface area contributed by atoms with Crippen LogP contribution < -0.4 is 0 Å². The fourth-order valence-corrected chi connectivity index (χ4v) is 8.13. The fraction of sp³-hybridized carbons (Fsp3) is 0.400. The van der Waals surface area contributed by atoms with Crippen LogP contribution in [0, 0.1) is 24.1 Å². The van der Waals surface area contributed by atoms with Crippen molar-refractivity contribution in [1.29, 1.82) is 0 Å². The first kappa shape index (κ1) is 37.1. The molecule has 0 spiro atoms. The number of allylic oxidation sites excluding steroid dienone is 2. The Kier molecular flexibility index (Phi) is 10.8. The van der Waals surface area contributed by atoms with Crippen molar-refractivity contribution in [3.8, 4) is 11.1 Å². The zero-order chi connectivity index (χ0) is 37.3. The summed E-state index contributed by atoms with van der Waals surface area (Å²) in [6, 6.07) is 5.27. The summed E-state index contributed by atoms with van der Waals surface area (Å²) >= 11 is 3.20. The van der Waals surface area contributed by atoms with Crippen LogP contribution in [0.15, 0.2) is 66.6 Å². The van der Waals surface area contributed by atoms with Gasteiger partial charge in [0.1, 0.15) is 34.3 Å². The first-order chi connectivity index (χ1) is 24.8. The number of rotatable bonds is 16. The molecule has 4 aromatic rings. The minimum absolute atomic E-state index is 0.104. The molecule has 1 aliphatic heterocycles. The Bertz CT molecular complexity index is 2080. The molecule has 10 nitrogen and oxygen atoms in total. The molecule has 1 saturated carbocycles. The summed E-state index contributed by atoms with van der Waals surface area (Å²) in [7, 11) is 0. The molecule has 0 radical (unpaired) electrons. The van der Waals surface area contributed by atoms with Crippen LogP contribution in [0.5, 0.6) is 0 Å². The second-order valence-corrected chi connectivity index (χ2v) is 15.0. The molecule has 4 heterocycles. The van der Waals surface area contributed by atoms with Crippen molar-refractivity contribution < 1.29 is 23.6 Å². The highest BCUT2D eigenvalue weighted by atomic mass is 79.9. The molecule has 52 heavy (non-hydrogen) atoms. The number of carbonyl (C=O) groups is 4. The van der Waals surface area contributed by atoms with Crippen LogP contribution in [0.2, 0.25) is 0 Å². The average Bonchev–Trinajstić information content (AvgIpc) is 3.50. The van der Waals surface area contributed by atoms with E-state index in [4.69, 9.17) is 0 Å².